The number of fused-ring (bicyclic) bond motifs is 2. The zero-order valence-corrected chi connectivity index (χ0v) is 30.1. The fourth-order valence-electron chi connectivity index (χ4n) is 6.53. The minimum atomic E-state index is -0.243. The van der Waals surface area contributed by atoms with Crippen LogP contribution in [0.2, 0.25) is 0 Å². The van der Waals surface area contributed by atoms with Crippen molar-refractivity contribution in [2.75, 3.05) is 50.2 Å². The number of anilines is 4. The van der Waals surface area contributed by atoms with E-state index < -0.39 is 0 Å². The highest BCUT2D eigenvalue weighted by molar-refractivity contribution is 5.81. The summed E-state index contributed by atoms with van der Waals surface area (Å²) in [5.74, 6) is 1.72. The van der Waals surface area contributed by atoms with Crippen molar-refractivity contribution < 1.29 is 9.53 Å². The van der Waals surface area contributed by atoms with Crippen LogP contribution in [0.3, 0.4) is 0 Å². The van der Waals surface area contributed by atoms with Gasteiger partial charge in [0.15, 0.2) is 0 Å². The number of aldehydes is 1. The van der Waals surface area contributed by atoms with Gasteiger partial charge in [-0.2, -0.15) is 5.26 Å². The molecule has 51 heavy (non-hydrogen) atoms. The molecule has 262 valence electrons. The Kier molecular flexibility index (Phi) is 10.7. The Balaban J connectivity index is 0.000000183. The zero-order valence-electron chi connectivity index (χ0n) is 30.1. The summed E-state index contributed by atoms with van der Waals surface area (Å²) in [7, 11) is 7.97. The topological polar surface area (TPSA) is 121 Å². The molecule has 1 fully saturated rings. The van der Waals surface area contributed by atoms with Gasteiger partial charge in [-0.3, -0.25) is 9.69 Å². The van der Waals surface area contributed by atoms with Crippen LogP contribution in [0.1, 0.15) is 46.9 Å². The number of nitriles is 1. The molecular formula is C39H44N10O2. The number of nitrogens with zero attached hydrogens (tertiary/aromatic N) is 10. The molecule has 1 aliphatic heterocycles. The highest BCUT2D eigenvalue weighted by Crippen LogP contribution is 2.32. The summed E-state index contributed by atoms with van der Waals surface area (Å²) < 4.78 is 9.41. The first-order valence-electron chi connectivity index (χ1n) is 17.2. The highest BCUT2D eigenvalue weighted by atomic mass is 16.5. The number of aryl methyl sites for hydroxylation is 4. The van der Waals surface area contributed by atoms with Gasteiger partial charge in [0, 0.05) is 70.4 Å². The lowest BCUT2D eigenvalue weighted by molar-refractivity contribution is 0.0266. The van der Waals surface area contributed by atoms with E-state index in [0.717, 1.165) is 88.4 Å². The van der Waals surface area contributed by atoms with Crippen LogP contribution < -0.4 is 9.80 Å². The van der Waals surface area contributed by atoms with Crippen molar-refractivity contribution >= 4 is 51.4 Å². The second-order valence-electron chi connectivity index (χ2n) is 12.7. The Morgan fingerprint density at radius 1 is 0.804 bits per heavy atom. The summed E-state index contributed by atoms with van der Waals surface area (Å²) in [4.78, 5) is 35.0. The van der Waals surface area contributed by atoms with Gasteiger partial charge in [0.1, 0.15) is 35.0 Å². The van der Waals surface area contributed by atoms with Gasteiger partial charge in [-0.15, -0.1) is 0 Å². The van der Waals surface area contributed by atoms with Gasteiger partial charge in [-0.05, 0) is 53.8 Å². The van der Waals surface area contributed by atoms with E-state index in [1.165, 1.54) is 5.56 Å². The number of benzene rings is 2. The number of pyridine rings is 2. The molecule has 5 heterocycles. The summed E-state index contributed by atoms with van der Waals surface area (Å²) in [5, 5.41) is 9.80. The van der Waals surface area contributed by atoms with E-state index in [2.05, 4.69) is 73.9 Å². The smallest absolute Gasteiger partial charge is 0.150 e. The molecular weight excluding hydrogens is 640 g/mol. The molecule has 1 atom stereocenters. The number of aromatic nitrogens is 6. The second-order valence-corrected chi connectivity index (χ2v) is 12.7. The largest absolute Gasteiger partial charge is 0.379 e. The van der Waals surface area contributed by atoms with Gasteiger partial charge in [-0.25, -0.2) is 19.9 Å². The maximum absolute atomic E-state index is 10.9. The summed E-state index contributed by atoms with van der Waals surface area (Å²) in [6.45, 7) is 7.17. The summed E-state index contributed by atoms with van der Waals surface area (Å²) in [5.41, 5.74) is 10.1. The van der Waals surface area contributed by atoms with E-state index in [9.17, 15) is 10.1 Å². The first-order valence-corrected chi connectivity index (χ1v) is 17.2. The quantitative estimate of drug-likeness (QED) is 0.160. The van der Waals surface area contributed by atoms with E-state index in [1.54, 1.807) is 18.9 Å². The lowest BCUT2D eigenvalue weighted by atomic mass is 10.00. The predicted octanol–water partition coefficient (Wildman–Crippen LogP) is 6.31. The van der Waals surface area contributed by atoms with Crippen molar-refractivity contribution in [3.8, 4) is 6.07 Å². The Morgan fingerprint density at radius 2 is 1.33 bits per heavy atom. The number of imidazole rings is 2. The van der Waals surface area contributed by atoms with Crippen LogP contribution in [0.15, 0.2) is 73.6 Å². The van der Waals surface area contributed by atoms with Crippen LogP contribution in [0, 0.1) is 11.3 Å². The van der Waals surface area contributed by atoms with Crippen molar-refractivity contribution in [2.24, 2.45) is 14.1 Å². The molecule has 7 rings (SSSR count). The average molecular weight is 685 g/mol. The van der Waals surface area contributed by atoms with Gasteiger partial charge < -0.3 is 23.7 Å². The van der Waals surface area contributed by atoms with Crippen molar-refractivity contribution in [1.82, 2.24) is 34.0 Å². The Morgan fingerprint density at radius 3 is 1.84 bits per heavy atom. The lowest BCUT2D eigenvalue weighted by Gasteiger charge is -2.31. The molecule has 0 N–H and O–H groups in total. The minimum absolute atomic E-state index is 0.243. The van der Waals surface area contributed by atoms with E-state index in [0.29, 0.717) is 18.8 Å². The number of hydrogen-bond donors (Lipinski definition) is 0. The Hall–Kier alpha value is -5.64. The van der Waals surface area contributed by atoms with Crippen molar-refractivity contribution in [2.45, 2.75) is 32.7 Å². The minimum Gasteiger partial charge on any atom is -0.379 e. The van der Waals surface area contributed by atoms with Crippen molar-refractivity contribution in [1.29, 1.82) is 5.26 Å². The fraction of sp³-hybridized carbons (Fsp3) is 0.333. The van der Waals surface area contributed by atoms with Gasteiger partial charge in [0.05, 0.1) is 55.4 Å². The molecule has 1 saturated heterocycles. The number of rotatable bonds is 9. The van der Waals surface area contributed by atoms with Gasteiger partial charge >= 0.3 is 0 Å². The molecule has 6 aromatic rings. The van der Waals surface area contributed by atoms with Crippen LogP contribution in [-0.4, -0.2) is 80.7 Å². The fourth-order valence-corrected chi connectivity index (χ4v) is 6.53. The lowest BCUT2D eigenvalue weighted by Crippen LogP contribution is -2.38. The monoisotopic (exact) mass is 684 g/mol. The molecule has 2 aromatic carbocycles. The third kappa shape index (κ3) is 7.31. The third-order valence-corrected chi connectivity index (χ3v) is 9.56. The van der Waals surface area contributed by atoms with Gasteiger partial charge in [0.25, 0.3) is 0 Å². The Bertz CT molecular complexity index is 2190. The number of hydrogen-bond acceptors (Lipinski definition) is 10. The summed E-state index contributed by atoms with van der Waals surface area (Å²) in [6, 6.07) is 18.4. The van der Waals surface area contributed by atoms with Crippen molar-refractivity contribution in [3.63, 3.8) is 0 Å². The van der Waals surface area contributed by atoms with E-state index in [1.807, 2.05) is 72.7 Å². The third-order valence-electron chi connectivity index (χ3n) is 9.56. The van der Waals surface area contributed by atoms with Crippen molar-refractivity contribution in [3.05, 3.63) is 95.8 Å². The predicted molar refractivity (Wildman–Crippen MR) is 201 cm³/mol. The highest BCUT2D eigenvalue weighted by Gasteiger charge is 2.23. The van der Waals surface area contributed by atoms with Crippen LogP contribution in [0.5, 0.6) is 0 Å². The molecule has 0 spiro atoms. The number of carbonyl (C=O) groups is 1. The first kappa shape index (κ1) is 35.2. The number of ether oxygens (including phenoxy) is 1. The molecule has 1 aliphatic rings. The van der Waals surface area contributed by atoms with Crippen LogP contribution >= 0.6 is 0 Å². The molecule has 0 amide bonds. The number of morpholine rings is 1. The molecule has 0 bridgehead atoms. The van der Waals surface area contributed by atoms with Crippen LogP contribution in [0.4, 0.5) is 23.0 Å². The maximum atomic E-state index is 10.9. The van der Waals surface area contributed by atoms with Gasteiger partial charge in [0.2, 0.25) is 0 Å². The van der Waals surface area contributed by atoms with E-state index >= 15 is 0 Å². The molecule has 12 nitrogen and oxygen atoms in total. The Labute approximate surface area is 298 Å². The maximum Gasteiger partial charge on any atom is 0.150 e. The van der Waals surface area contributed by atoms with E-state index in [4.69, 9.17) is 4.74 Å². The van der Waals surface area contributed by atoms with Gasteiger partial charge in [-0.1, -0.05) is 26.0 Å². The standard InChI is InChI=1S/C22H26N6O.C17H18N4O/c1-4-16-11-17(21(13-23)28-7-9-29-10-8-28)5-6-19(16)27(3)22-12-20-18(14-24-22)25-15-26(20)2;1-4-13-7-12(10-22)5-6-15(13)21(3)17-8-16-14(9-18-17)19-11-20(16)2/h5-6,11-12,14-15,21H,4,7-10H2,1-3H3;5-11H,4H2,1-3H3. The molecule has 0 aliphatic carbocycles. The van der Waals surface area contributed by atoms with E-state index in [-0.39, 0.29) is 6.04 Å². The second kappa shape index (κ2) is 15.5. The molecule has 0 radical (unpaired) electrons. The van der Waals surface area contributed by atoms with Crippen LogP contribution in [0.25, 0.3) is 22.1 Å². The molecule has 4 aromatic heterocycles. The molecule has 12 heteroatoms. The summed E-state index contributed by atoms with van der Waals surface area (Å²) >= 11 is 0. The number of carbonyl (C=O) groups excluding carboxylic acids is 1. The SMILES string of the molecule is CCc1cc(C(C#N)N2CCOCC2)ccc1N(C)c1cc2c(cn1)ncn2C.CCc1cc(C=O)ccc1N(C)c1cc2c(cn1)ncn2C. The molecule has 1 unspecified atom stereocenters. The summed E-state index contributed by atoms with van der Waals surface area (Å²) in [6.07, 6.45) is 9.79. The average Bonchev–Trinajstić information content (AvgIpc) is 3.75. The molecule has 0 saturated carbocycles. The normalized spacial score (nSPS) is 13.7. The van der Waals surface area contributed by atoms with Crippen LogP contribution in [-0.2, 0) is 31.7 Å². The first-order chi connectivity index (χ1) is 24.8. The zero-order chi connectivity index (χ0) is 36.1.